The molecule has 0 radical (unpaired) electrons. The second-order valence-corrected chi connectivity index (χ2v) is 6.74. The Hall–Kier alpha value is -1.26. The van der Waals surface area contributed by atoms with E-state index in [1.54, 1.807) is 0 Å². The lowest BCUT2D eigenvalue weighted by atomic mass is 10.0. The molecule has 5 heteroatoms. The van der Waals surface area contributed by atoms with Crippen molar-refractivity contribution in [1.29, 1.82) is 0 Å². The molecule has 0 aromatic heterocycles. The Balaban J connectivity index is 1.39. The summed E-state index contributed by atoms with van der Waals surface area (Å²) in [5, 5.41) is 14.7. The third-order valence-electron chi connectivity index (χ3n) is 5.63. The van der Waals surface area contributed by atoms with Gasteiger partial charge in [-0.2, -0.15) is 0 Å². The van der Waals surface area contributed by atoms with Gasteiger partial charge in [0.1, 0.15) is 0 Å². The Morgan fingerprint density at radius 1 is 1.25 bits per heavy atom. The summed E-state index contributed by atoms with van der Waals surface area (Å²) >= 11 is 0. The highest BCUT2D eigenvalue weighted by molar-refractivity contribution is 5.75. The zero-order chi connectivity index (χ0) is 14.3. The van der Waals surface area contributed by atoms with Crippen molar-refractivity contribution >= 4 is 12.0 Å². The molecule has 3 aliphatic carbocycles. The second-order valence-electron chi connectivity index (χ2n) is 6.74. The molecule has 3 rings (SSSR count). The highest BCUT2D eigenvalue weighted by Crippen LogP contribution is 2.65. The van der Waals surface area contributed by atoms with E-state index in [0.29, 0.717) is 12.6 Å². The molecule has 20 heavy (non-hydrogen) atoms. The molecule has 5 atom stereocenters. The Kier molecular flexibility index (Phi) is 3.61. The van der Waals surface area contributed by atoms with E-state index in [2.05, 4.69) is 10.6 Å². The summed E-state index contributed by atoms with van der Waals surface area (Å²) in [4.78, 5) is 22.6. The molecule has 0 aromatic rings. The van der Waals surface area contributed by atoms with Crippen molar-refractivity contribution in [3.63, 3.8) is 0 Å². The van der Waals surface area contributed by atoms with Gasteiger partial charge in [-0.3, -0.25) is 4.79 Å². The van der Waals surface area contributed by atoms with E-state index < -0.39 is 5.97 Å². The summed E-state index contributed by atoms with van der Waals surface area (Å²) in [5.74, 6) is 2.40. The number of urea groups is 1. The number of fused-ring (bicyclic) bond motifs is 5. The van der Waals surface area contributed by atoms with Crippen LogP contribution in [0.4, 0.5) is 4.79 Å². The molecule has 0 saturated heterocycles. The molecule has 3 saturated carbocycles. The van der Waals surface area contributed by atoms with Gasteiger partial charge in [0.25, 0.3) is 0 Å². The van der Waals surface area contributed by atoms with Gasteiger partial charge in [-0.15, -0.1) is 0 Å². The van der Waals surface area contributed by atoms with Crippen LogP contribution in [0.2, 0.25) is 0 Å². The summed E-state index contributed by atoms with van der Waals surface area (Å²) in [5.41, 5.74) is 0. The molecule has 2 bridgehead atoms. The van der Waals surface area contributed by atoms with Crippen molar-refractivity contribution in [3.8, 4) is 0 Å². The maximum atomic E-state index is 11.9. The van der Waals surface area contributed by atoms with Gasteiger partial charge >= 0.3 is 12.0 Å². The smallest absolute Gasteiger partial charge is 0.315 e. The minimum absolute atomic E-state index is 0.0214. The van der Waals surface area contributed by atoms with Crippen LogP contribution in [-0.2, 0) is 4.79 Å². The molecule has 3 N–H and O–H groups in total. The zero-order valence-corrected chi connectivity index (χ0v) is 12.0. The maximum Gasteiger partial charge on any atom is 0.315 e. The fourth-order valence-corrected chi connectivity index (χ4v) is 4.57. The van der Waals surface area contributed by atoms with Crippen LogP contribution in [-0.4, -0.2) is 29.7 Å². The summed E-state index contributed by atoms with van der Waals surface area (Å²) in [6.45, 7) is 2.40. The van der Waals surface area contributed by atoms with Gasteiger partial charge in [0, 0.05) is 19.0 Å². The van der Waals surface area contributed by atoms with E-state index in [1.165, 1.54) is 19.3 Å². The van der Waals surface area contributed by atoms with Gasteiger partial charge in [0.15, 0.2) is 0 Å². The number of carbonyl (C=O) groups is 2. The predicted molar refractivity (Wildman–Crippen MR) is 74.2 cm³/mol. The van der Waals surface area contributed by atoms with Gasteiger partial charge in [-0.25, -0.2) is 4.79 Å². The molecule has 3 aliphatic rings. The van der Waals surface area contributed by atoms with Crippen molar-refractivity contribution in [2.75, 3.05) is 6.54 Å². The lowest BCUT2D eigenvalue weighted by molar-refractivity contribution is -0.138. The lowest BCUT2D eigenvalue weighted by Gasteiger charge is -2.15. The molecule has 2 amide bonds. The summed E-state index contributed by atoms with van der Waals surface area (Å²) in [6.07, 6.45) is 4.97. The Bertz CT molecular complexity index is 396. The van der Waals surface area contributed by atoms with Crippen molar-refractivity contribution in [3.05, 3.63) is 0 Å². The zero-order valence-electron chi connectivity index (χ0n) is 12.0. The number of hydrogen-bond donors (Lipinski definition) is 3. The number of carbonyl (C=O) groups excluding carboxylic acids is 1. The topological polar surface area (TPSA) is 78.4 Å². The first kappa shape index (κ1) is 13.7. The fourth-order valence-electron chi connectivity index (χ4n) is 4.57. The van der Waals surface area contributed by atoms with Crippen molar-refractivity contribution in [2.45, 2.75) is 45.1 Å². The Morgan fingerprint density at radius 2 is 1.90 bits per heavy atom. The molecule has 0 aliphatic heterocycles. The normalized spacial score (nSPS) is 38.1. The summed E-state index contributed by atoms with van der Waals surface area (Å²) in [7, 11) is 0. The van der Waals surface area contributed by atoms with Crippen LogP contribution in [0.25, 0.3) is 0 Å². The van der Waals surface area contributed by atoms with E-state index >= 15 is 0 Å². The number of carboxylic acids is 1. The molecule has 0 heterocycles. The van der Waals surface area contributed by atoms with Gasteiger partial charge in [-0.1, -0.05) is 13.3 Å². The molecule has 5 unspecified atom stereocenters. The third-order valence-corrected chi connectivity index (χ3v) is 5.63. The summed E-state index contributed by atoms with van der Waals surface area (Å²) in [6, 6.07) is 0.272. The van der Waals surface area contributed by atoms with E-state index in [9.17, 15) is 9.59 Å². The predicted octanol–water partition coefficient (Wildman–Crippen LogP) is 1.83. The monoisotopic (exact) mass is 280 g/mol. The Morgan fingerprint density at radius 3 is 2.45 bits per heavy atom. The average molecular weight is 280 g/mol. The van der Waals surface area contributed by atoms with Crippen LogP contribution < -0.4 is 10.6 Å². The molecular weight excluding hydrogens is 256 g/mol. The first-order valence-corrected chi connectivity index (χ1v) is 7.86. The standard InChI is InChI=1S/C15H24N2O3/c1-2-8(5-11(18)19)7-16-15(20)17-14-12-9-3-4-10(6-9)13(12)14/h8-10,12-14H,2-7H2,1H3,(H,18,19)(H2,16,17,20). The average Bonchev–Trinajstić information content (AvgIpc) is 2.82. The van der Waals surface area contributed by atoms with E-state index in [4.69, 9.17) is 5.11 Å². The van der Waals surface area contributed by atoms with Crippen LogP contribution >= 0.6 is 0 Å². The van der Waals surface area contributed by atoms with Gasteiger partial charge in [0.2, 0.25) is 0 Å². The molecule has 112 valence electrons. The van der Waals surface area contributed by atoms with E-state index in [1.807, 2.05) is 6.92 Å². The highest BCUT2D eigenvalue weighted by Gasteiger charge is 2.65. The number of aliphatic carboxylic acids is 1. The molecule has 5 nitrogen and oxygen atoms in total. The van der Waals surface area contributed by atoms with E-state index in [-0.39, 0.29) is 18.4 Å². The van der Waals surface area contributed by atoms with Crippen LogP contribution in [0.15, 0.2) is 0 Å². The third kappa shape index (κ3) is 2.50. The number of hydrogen-bond acceptors (Lipinski definition) is 2. The first-order valence-electron chi connectivity index (χ1n) is 7.86. The van der Waals surface area contributed by atoms with Crippen molar-refractivity contribution < 1.29 is 14.7 Å². The van der Waals surface area contributed by atoms with E-state index in [0.717, 1.165) is 30.1 Å². The highest BCUT2D eigenvalue weighted by atomic mass is 16.4. The van der Waals surface area contributed by atoms with Gasteiger partial charge < -0.3 is 15.7 Å². The van der Waals surface area contributed by atoms with Crippen LogP contribution in [0.1, 0.15) is 39.0 Å². The van der Waals surface area contributed by atoms with Crippen LogP contribution in [0.3, 0.4) is 0 Å². The molecule has 0 spiro atoms. The fraction of sp³-hybridized carbons (Fsp3) is 0.867. The number of nitrogens with one attached hydrogen (secondary N) is 2. The van der Waals surface area contributed by atoms with Crippen molar-refractivity contribution in [2.24, 2.45) is 29.6 Å². The molecule has 3 fully saturated rings. The van der Waals surface area contributed by atoms with Crippen molar-refractivity contribution in [1.82, 2.24) is 10.6 Å². The van der Waals surface area contributed by atoms with Gasteiger partial charge in [-0.05, 0) is 48.9 Å². The molecule has 0 aromatic carbocycles. The largest absolute Gasteiger partial charge is 0.481 e. The summed E-state index contributed by atoms with van der Waals surface area (Å²) < 4.78 is 0. The number of rotatable bonds is 6. The minimum atomic E-state index is -0.799. The van der Waals surface area contributed by atoms with Crippen LogP contribution in [0.5, 0.6) is 0 Å². The van der Waals surface area contributed by atoms with Gasteiger partial charge in [0.05, 0.1) is 0 Å². The number of carboxylic acid groups (broad SMARTS) is 1. The maximum absolute atomic E-state index is 11.9. The number of amides is 2. The second kappa shape index (κ2) is 5.26. The quantitative estimate of drug-likeness (QED) is 0.694. The minimum Gasteiger partial charge on any atom is -0.481 e. The SMILES string of the molecule is CCC(CNC(=O)NC1C2C3CCC(C3)C12)CC(=O)O. The Labute approximate surface area is 119 Å². The molecular formula is C15H24N2O3. The van der Waals surface area contributed by atoms with Crippen LogP contribution in [0, 0.1) is 29.6 Å². The lowest BCUT2D eigenvalue weighted by Crippen LogP contribution is -2.41. The first-order chi connectivity index (χ1) is 9.60.